The molecule has 13 nitrogen and oxygen atoms in total. The molecule has 0 saturated carbocycles. The molecular formula is C94H94Cl3N3O10Si. The molecule has 0 unspecified atom stereocenters. The van der Waals surface area contributed by atoms with Gasteiger partial charge in [-0.1, -0.05) is 283 Å². The van der Waals surface area contributed by atoms with Crippen LogP contribution in [0, 0.1) is 17.8 Å². The predicted octanol–water partition coefficient (Wildman–Crippen LogP) is 20.5. The minimum atomic E-state index is -2.83. The zero-order valence-electron chi connectivity index (χ0n) is 63.9. The molecule has 3 saturated heterocycles. The lowest BCUT2D eigenvalue weighted by Gasteiger charge is -2.44. The van der Waals surface area contributed by atoms with Crippen LogP contribution in [0.2, 0.25) is 20.1 Å². The fourth-order valence-electron chi connectivity index (χ4n) is 16.6. The molecule has 111 heavy (non-hydrogen) atoms. The van der Waals surface area contributed by atoms with Crippen LogP contribution in [-0.4, -0.2) is 110 Å². The summed E-state index contributed by atoms with van der Waals surface area (Å²) in [7, 11) is 2.11. The number of halogens is 3. The maximum absolute atomic E-state index is 14.7. The minimum absolute atomic E-state index is 0.0214. The molecule has 2 N–H and O–H groups in total. The van der Waals surface area contributed by atoms with Gasteiger partial charge in [-0.3, -0.25) is 14.4 Å². The van der Waals surface area contributed by atoms with E-state index in [0.717, 1.165) is 80.2 Å². The number of likely N-dealkylation sites (tertiary alicyclic amines) is 3. The van der Waals surface area contributed by atoms with Crippen molar-refractivity contribution in [3.63, 3.8) is 0 Å². The highest BCUT2D eigenvalue weighted by Crippen LogP contribution is 2.48. The lowest BCUT2D eigenvalue weighted by Crippen LogP contribution is -2.67. The van der Waals surface area contributed by atoms with E-state index in [-0.39, 0.29) is 71.3 Å². The second kappa shape index (κ2) is 35.8. The number of para-hydroxylation sites is 3. The number of aliphatic hydroxyl groups is 1. The van der Waals surface area contributed by atoms with E-state index in [1.54, 1.807) is 39.5 Å². The van der Waals surface area contributed by atoms with E-state index in [0.29, 0.717) is 44.8 Å². The van der Waals surface area contributed by atoms with Gasteiger partial charge in [-0.25, -0.2) is 4.79 Å². The van der Waals surface area contributed by atoms with Gasteiger partial charge in [-0.2, -0.15) is 0 Å². The van der Waals surface area contributed by atoms with E-state index in [1.165, 1.54) is 15.3 Å². The van der Waals surface area contributed by atoms with Crippen molar-refractivity contribution in [2.24, 2.45) is 17.8 Å². The number of methoxy groups -OCH3 is 3. The summed E-state index contributed by atoms with van der Waals surface area (Å²) in [4.78, 5) is 59.3. The van der Waals surface area contributed by atoms with E-state index in [2.05, 4.69) is 106 Å². The van der Waals surface area contributed by atoms with Gasteiger partial charge in [0.15, 0.2) is 0 Å². The number of carbonyl (C=O) groups is 4. The summed E-state index contributed by atoms with van der Waals surface area (Å²) in [6.07, 6.45) is 2.09. The summed E-state index contributed by atoms with van der Waals surface area (Å²) in [5.41, 5.74) is 10.1. The molecule has 0 spiro atoms. The van der Waals surface area contributed by atoms with Crippen LogP contribution in [0.5, 0.6) is 17.2 Å². The van der Waals surface area contributed by atoms with Crippen molar-refractivity contribution in [1.29, 1.82) is 0 Å². The molecule has 11 aromatic rings. The Morgan fingerprint density at radius 3 is 1.03 bits per heavy atom. The molecule has 0 radical (unpaired) electrons. The molecule has 0 aliphatic carbocycles. The third-order valence-electron chi connectivity index (χ3n) is 22.1. The van der Waals surface area contributed by atoms with Crippen LogP contribution in [0.4, 0.5) is 0 Å². The fourth-order valence-corrected chi connectivity index (χ4v) is 21.9. The first-order chi connectivity index (χ1) is 53.6. The fraction of sp³-hybridized carbons (Fsp3) is 0.255. The van der Waals surface area contributed by atoms with E-state index in [1.807, 2.05) is 206 Å². The number of rotatable bonds is 19. The van der Waals surface area contributed by atoms with Crippen LogP contribution in [0.1, 0.15) is 127 Å². The standard InChI is InChI=1S/C42H44ClNO3Si.C26H24ClNO4.C26H26ClNO3/c1-30-28-38(36-21-12-14-22-37(36)43)44(41(45)32-26-24-31(25-27-32)35-20-13-15-23-40(35)46-5)39(30)29-47-48(42(2,3)4,33-16-8-6-9-17-33)34-18-10-7-11-19-34;1-16-15-22(20-8-3-5-9-21(20)27)28(24(16)26(30)31)25(29)18-13-11-17(12-14-18)19-7-4-6-10-23(19)32-2;1-17-15-23(21-8-3-5-9-22(21)27)28(24(17)16-29)26(30)19-13-11-18(12-14-19)20-7-4-6-10-25(20)31-2/h6-27,30,38-39H,28-29H2,1-5H3;3-14,16,22,24H,15H2,1-2H3,(H,30,31);3-14,17,23-24,29H,15-16H2,1-2H3/t30-,38-,39+;16-,22-,24-;17-,23-,24+/m000/s1. The lowest BCUT2D eigenvalue weighted by atomic mass is 9.98. The Bertz CT molecular complexity index is 4990. The van der Waals surface area contributed by atoms with Gasteiger partial charge in [0.2, 0.25) is 0 Å². The molecule has 0 bridgehead atoms. The summed E-state index contributed by atoms with van der Waals surface area (Å²) in [5.74, 6) is 1.02. The van der Waals surface area contributed by atoms with Gasteiger partial charge in [0.25, 0.3) is 26.0 Å². The average Bonchev–Trinajstić information content (AvgIpc) is 1.08. The molecule has 11 aromatic carbocycles. The normalized spacial score (nSPS) is 19.4. The largest absolute Gasteiger partial charge is 0.496 e. The number of hydrogen-bond donors (Lipinski definition) is 2. The van der Waals surface area contributed by atoms with Gasteiger partial charge >= 0.3 is 5.97 Å². The topological polar surface area (TPSA) is 155 Å². The molecule has 570 valence electrons. The van der Waals surface area contributed by atoms with Gasteiger partial charge in [-0.15, -0.1) is 0 Å². The summed E-state index contributed by atoms with van der Waals surface area (Å²) in [5, 5.41) is 24.1. The molecule has 3 amide bonds. The Labute approximate surface area is 668 Å². The predicted molar refractivity (Wildman–Crippen MR) is 447 cm³/mol. The number of carboxylic acid groups (broad SMARTS) is 1. The van der Waals surface area contributed by atoms with E-state index in [4.69, 9.17) is 53.4 Å². The first-order valence-electron chi connectivity index (χ1n) is 37.6. The van der Waals surface area contributed by atoms with Crippen molar-refractivity contribution in [2.75, 3.05) is 34.5 Å². The molecule has 3 fully saturated rings. The van der Waals surface area contributed by atoms with Crippen LogP contribution < -0.4 is 24.6 Å². The highest BCUT2D eigenvalue weighted by atomic mass is 35.5. The van der Waals surface area contributed by atoms with E-state index < -0.39 is 26.4 Å². The van der Waals surface area contributed by atoms with Gasteiger partial charge < -0.3 is 43.5 Å². The summed E-state index contributed by atoms with van der Waals surface area (Å²) < 4.78 is 23.9. The number of benzene rings is 11. The van der Waals surface area contributed by atoms with Crippen LogP contribution in [-0.2, 0) is 9.22 Å². The Morgan fingerprint density at radius 1 is 0.396 bits per heavy atom. The van der Waals surface area contributed by atoms with Crippen molar-refractivity contribution in [3.8, 4) is 50.6 Å². The number of aliphatic carboxylic acids is 1. The van der Waals surface area contributed by atoms with Crippen molar-refractivity contribution in [2.45, 2.75) is 102 Å². The average molecular weight is 1560 g/mol. The number of nitrogens with zero attached hydrogens (tertiary/aromatic N) is 3. The second-order valence-electron chi connectivity index (χ2n) is 29.8. The third kappa shape index (κ3) is 17.0. The monoisotopic (exact) mass is 1560 g/mol. The van der Waals surface area contributed by atoms with Gasteiger partial charge in [0.05, 0.1) is 64.8 Å². The minimum Gasteiger partial charge on any atom is -0.496 e. The number of carbonyl (C=O) groups excluding carboxylic acids is 3. The summed E-state index contributed by atoms with van der Waals surface area (Å²) in [6, 6.07) is 88.1. The number of ether oxygens (including phenoxy) is 3. The first kappa shape index (κ1) is 80.2. The Balaban J connectivity index is 0.000000160. The maximum atomic E-state index is 14.7. The molecule has 3 aliphatic rings. The second-order valence-corrected chi connectivity index (χ2v) is 35.3. The molecule has 9 atom stereocenters. The van der Waals surface area contributed by atoms with Crippen molar-refractivity contribution < 1.29 is 48.0 Å². The summed E-state index contributed by atoms with van der Waals surface area (Å²) >= 11 is 19.7. The van der Waals surface area contributed by atoms with E-state index in [9.17, 15) is 29.4 Å². The van der Waals surface area contributed by atoms with Crippen molar-refractivity contribution >= 4 is 77.2 Å². The summed E-state index contributed by atoms with van der Waals surface area (Å²) in [6.45, 7) is 13.4. The van der Waals surface area contributed by atoms with Crippen LogP contribution in [0.15, 0.2) is 279 Å². The SMILES string of the molecule is COc1ccccc1-c1ccc(C(=O)N2[C@H](C(=O)O)[C@@H](C)C[C@H]2c2ccccc2Cl)cc1.COc1ccccc1-c1ccc(C(=O)N2[C@H](CO)[C@@H](C)C[C@H]2c2ccccc2Cl)cc1.COc1ccccc1-c1ccc(C(=O)N2[C@H](CO[Si](c3ccccc3)(c3ccccc3)C(C)(C)C)[C@@H](C)C[C@H]2c2ccccc2Cl)cc1. The van der Waals surface area contributed by atoms with Crippen LogP contribution >= 0.6 is 34.8 Å². The molecular weight excluding hydrogens is 1470 g/mol. The number of amides is 3. The number of carboxylic acids is 1. The first-order valence-corrected chi connectivity index (χ1v) is 40.7. The lowest BCUT2D eigenvalue weighted by molar-refractivity contribution is -0.142. The zero-order chi connectivity index (χ0) is 78.7. The van der Waals surface area contributed by atoms with E-state index >= 15 is 0 Å². The number of hydrogen-bond acceptors (Lipinski definition) is 9. The van der Waals surface area contributed by atoms with Crippen molar-refractivity contribution in [3.05, 3.63) is 328 Å². The van der Waals surface area contributed by atoms with Crippen molar-refractivity contribution in [1.82, 2.24) is 14.7 Å². The van der Waals surface area contributed by atoms with Gasteiger partial charge in [0.1, 0.15) is 23.3 Å². The smallest absolute Gasteiger partial charge is 0.326 e. The molecule has 17 heteroatoms. The molecule has 3 aliphatic heterocycles. The molecule has 14 rings (SSSR count). The zero-order valence-corrected chi connectivity index (χ0v) is 67.2. The third-order valence-corrected chi connectivity index (χ3v) is 28.2. The highest BCUT2D eigenvalue weighted by molar-refractivity contribution is 6.99. The quantitative estimate of drug-likeness (QED) is 0.0748. The van der Waals surface area contributed by atoms with Gasteiger partial charge in [0, 0.05) is 48.4 Å². The molecule has 0 aromatic heterocycles. The number of aliphatic hydroxyl groups excluding tert-OH is 1. The van der Waals surface area contributed by atoms with Crippen LogP contribution in [0.3, 0.4) is 0 Å². The van der Waals surface area contributed by atoms with Crippen LogP contribution in [0.25, 0.3) is 33.4 Å². The maximum Gasteiger partial charge on any atom is 0.326 e. The Hall–Kier alpha value is -10.3. The van der Waals surface area contributed by atoms with Gasteiger partial charge in [-0.05, 0) is 159 Å². The highest BCUT2D eigenvalue weighted by Gasteiger charge is 2.53. The molecule has 3 heterocycles. The Kier molecular flexibility index (Phi) is 25.9. The Morgan fingerprint density at radius 2 is 0.694 bits per heavy atom.